The Bertz CT molecular complexity index is 1170. The van der Waals surface area contributed by atoms with E-state index < -0.39 is 63.1 Å². The molecule has 1 saturated carbocycles. The van der Waals surface area contributed by atoms with E-state index in [4.69, 9.17) is 18.5 Å². The number of ether oxygens (including phenoxy) is 2. The Kier molecular flexibility index (Phi) is 37.7. The maximum Gasteiger partial charge on any atom is 0.472 e. The number of esters is 1. The third kappa shape index (κ3) is 31.4. The number of carbonyl (C=O) groups excluding carboxylic acids is 1. The van der Waals surface area contributed by atoms with Crippen LogP contribution in [0.15, 0.2) is 36.5 Å². The number of aliphatic hydroxyl groups is 5. The monoisotopic (exact) mass is 903 g/mol. The number of aliphatic hydroxyl groups excluding tert-OH is 5. The van der Waals surface area contributed by atoms with Gasteiger partial charge in [0, 0.05) is 13.0 Å². The van der Waals surface area contributed by atoms with Crippen LogP contribution >= 0.6 is 7.82 Å². The minimum absolute atomic E-state index is 0.0807. The Morgan fingerprint density at radius 2 is 0.919 bits per heavy atom. The van der Waals surface area contributed by atoms with E-state index in [9.17, 15) is 39.8 Å². The van der Waals surface area contributed by atoms with E-state index in [1.54, 1.807) is 0 Å². The molecular formula is C49H91O12P. The van der Waals surface area contributed by atoms with Crippen molar-refractivity contribution in [3.8, 4) is 0 Å². The number of unbranched alkanes of at least 4 members (excludes halogenated alkanes) is 24. The Morgan fingerprint density at radius 1 is 0.516 bits per heavy atom. The first kappa shape index (κ1) is 58.6. The summed E-state index contributed by atoms with van der Waals surface area (Å²) in [7, 11) is -5.02. The lowest BCUT2D eigenvalue weighted by Crippen LogP contribution is -2.64. The fourth-order valence-electron chi connectivity index (χ4n) is 7.48. The average molecular weight is 903 g/mol. The smallest absolute Gasteiger partial charge is 0.457 e. The van der Waals surface area contributed by atoms with Gasteiger partial charge in [0.25, 0.3) is 0 Å². The molecule has 62 heavy (non-hydrogen) atoms. The second-order valence-corrected chi connectivity index (χ2v) is 18.7. The molecule has 0 aromatic heterocycles. The van der Waals surface area contributed by atoms with Gasteiger partial charge in [-0.1, -0.05) is 172 Å². The van der Waals surface area contributed by atoms with E-state index in [0.29, 0.717) is 13.0 Å². The van der Waals surface area contributed by atoms with E-state index in [2.05, 4.69) is 50.3 Å². The first-order valence-electron chi connectivity index (χ1n) is 24.8. The molecule has 1 fully saturated rings. The van der Waals surface area contributed by atoms with Crippen molar-refractivity contribution in [2.45, 2.75) is 249 Å². The molecule has 0 heterocycles. The summed E-state index contributed by atoms with van der Waals surface area (Å²) >= 11 is 0. The van der Waals surface area contributed by atoms with Gasteiger partial charge in [-0.3, -0.25) is 13.8 Å². The van der Waals surface area contributed by atoms with Crippen LogP contribution in [0.3, 0.4) is 0 Å². The van der Waals surface area contributed by atoms with Crippen LogP contribution in [-0.2, 0) is 27.9 Å². The molecule has 1 rings (SSSR count). The molecule has 0 bridgehead atoms. The third-order valence-corrected chi connectivity index (χ3v) is 12.5. The highest BCUT2D eigenvalue weighted by Gasteiger charge is 2.51. The predicted molar refractivity (Wildman–Crippen MR) is 249 cm³/mol. The van der Waals surface area contributed by atoms with Crippen molar-refractivity contribution in [3.05, 3.63) is 36.5 Å². The van der Waals surface area contributed by atoms with Gasteiger partial charge in [-0.2, -0.15) is 0 Å². The van der Waals surface area contributed by atoms with Crippen LogP contribution in [0.25, 0.3) is 0 Å². The van der Waals surface area contributed by atoms with Crippen molar-refractivity contribution in [1.29, 1.82) is 0 Å². The summed E-state index contributed by atoms with van der Waals surface area (Å²) in [6.07, 6.45) is 35.0. The standard InChI is InChI=1S/C49H91O12P/c1-3-5-7-9-11-13-15-17-18-19-20-21-22-23-24-25-26-27-28-30-32-34-36-38-43(50)60-42(40-58-39-37-35-33-31-29-16-14-12-10-8-6-4-2)41-59-62(56,57)61-49-47(54)45(52)44(51)46(53)48(49)55/h10,12,15,17,19-20,42,44-49,51-55H,3-9,11,13-14,16,18,21-41H2,1-2H3,(H,56,57)/b12-10-,17-15-,20-19-. The van der Waals surface area contributed by atoms with Crippen LogP contribution in [0.4, 0.5) is 0 Å². The zero-order valence-electron chi connectivity index (χ0n) is 38.9. The summed E-state index contributed by atoms with van der Waals surface area (Å²) in [4.78, 5) is 23.2. The van der Waals surface area contributed by atoms with Crippen LogP contribution in [0.5, 0.6) is 0 Å². The Balaban J connectivity index is 2.31. The van der Waals surface area contributed by atoms with Crippen molar-refractivity contribution in [3.63, 3.8) is 0 Å². The molecule has 13 heteroatoms. The summed E-state index contributed by atoms with van der Waals surface area (Å²) in [5, 5.41) is 50.2. The minimum Gasteiger partial charge on any atom is -0.457 e. The van der Waals surface area contributed by atoms with Crippen LogP contribution in [0.1, 0.15) is 206 Å². The molecule has 1 aliphatic carbocycles. The number of rotatable bonds is 42. The van der Waals surface area contributed by atoms with Gasteiger partial charge in [0.05, 0.1) is 13.2 Å². The Hall–Kier alpha value is -1.44. The van der Waals surface area contributed by atoms with Gasteiger partial charge in [-0.15, -0.1) is 0 Å². The molecule has 1 aliphatic rings. The van der Waals surface area contributed by atoms with Crippen molar-refractivity contribution in [2.75, 3.05) is 19.8 Å². The van der Waals surface area contributed by atoms with Gasteiger partial charge >= 0.3 is 13.8 Å². The Labute approximate surface area is 376 Å². The summed E-state index contributed by atoms with van der Waals surface area (Å²) in [6, 6.07) is 0. The van der Waals surface area contributed by atoms with Gasteiger partial charge in [-0.05, 0) is 64.2 Å². The molecule has 6 N–H and O–H groups in total. The highest BCUT2D eigenvalue weighted by Crippen LogP contribution is 2.47. The summed E-state index contributed by atoms with van der Waals surface area (Å²) in [5.74, 6) is -0.481. The first-order chi connectivity index (χ1) is 30.0. The van der Waals surface area contributed by atoms with Gasteiger partial charge in [0.1, 0.15) is 42.7 Å². The fourth-order valence-corrected chi connectivity index (χ4v) is 8.46. The maximum absolute atomic E-state index is 12.8. The molecule has 12 nitrogen and oxygen atoms in total. The van der Waals surface area contributed by atoms with Crippen molar-refractivity contribution >= 4 is 13.8 Å². The van der Waals surface area contributed by atoms with Gasteiger partial charge in [0.15, 0.2) is 0 Å². The maximum atomic E-state index is 12.8. The van der Waals surface area contributed by atoms with Crippen LogP contribution < -0.4 is 0 Å². The number of allylic oxidation sites excluding steroid dienone is 6. The zero-order chi connectivity index (χ0) is 45.5. The number of phosphoric acid groups is 1. The molecular weight excluding hydrogens is 812 g/mol. The minimum atomic E-state index is -5.02. The first-order valence-corrected chi connectivity index (χ1v) is 26.3. The van der Waals surface area contributed by atoms with Crippen LogP contribution in [0, 0.1) is 0 Å². The molecule has 0 spiro atoms. The van der Waals surface area contributed by atoms with E-state index in [1.807, 2.05) is 0 Å². The van der Waals surface area contributed by atoms with Crippen molar-refractivity contribution in [1.82, 2.24) is 0 Å². The number of hydrogen-bond acceptors (Lipinski definition) is 11. The van der Waals surface area contributed by atoms with Gasteiger partial charge in [-0.25, -0.2) is 4.57 Å². The lowest BCUT2D eigenvalue weighted by Gasteiger charge is -2.41. The average Bonchev–Trinajstić information content (AvgIpc) is 3.26. The molecule has 6 unspecified atom stereocenters. The summed E-state index contributed by atoms with van der Waals surface area (Å²) < 4.78 is 34.2. The molecule has 0 aromatic rings. The number of hydrogen-bond donors (Lipinski definition) is 6. The quantitative estimate of drug-likeness (QED) is 0.0147. The summed E-state index contributed by atoms with van der Waals surface area (Å²) in [6.45, 7) is 4.21. The van der Waals surface area contributed by atoms with E-state index in [1.165, 1.54) is 116 Å². The third-order valence-electron chi connectivity index (χ3n) is 11.5. The lowest BCUT2D eigenvalue weighted by atomic mass is 9.85. The molecule has 6 atom stereocenters. The highest BCUT2D eigenvalue weighted by atomic mass is 31.2. The van der Waals surface area contributed by atoms with E-state index in [0.717, 1.165) is 64.2 Å². The van der Waals surface area contributed by atoms with Crippen LogP contribution in [0.2, 0.25) is 0 Å². The molecule has 0 radical (unpaired) electrons. The second-order valence-electron chi connectivity index (χ2n) is 17.3. The SMILES string of the molecule is CCCC/C=C\CCCCCCCCOCC(COP(=O)(O)OC1C(O)C(O)C(O)C(O)C1O)OC(=O)CCCCCCCCCCCCC/C=C\C/C=C\CCCCCCC. The van der Waals surface area contributed by atoms with Gasteiger partial charge in [0.2, 0.25) is 0 Å². The predicted octanol–water partition coefficient (Wildman–Crippen LogP) is 10.6. The van der Waals surface area contributed by atoms with Crippen molar-refractivity contribution < 1.29 is 58.3 Å². The molecule has 0 saturated heterocycles. The normalized spacial score (nSPS) is 22.3. The molecule has 364 valence electrons. The Morgan fingerprint density at radius 3 is 1.42 bits per heavy atom. The van der Waals surface area contributed by atoms with Crippen LogP contribution in [-0.4, -0.2) is 98.9 Å². The number of phosphoric ester groups is 1. The number of carbonyl (C=O) groups is 1. The second kappa shape index (κ2) is 39.9. The fraction of sp³-hybridized carbons (Fsp3) is 0.857. The van der Waals surface area contributed by atoms with Gasteiger partial charge < -0.3 is 39.9 Å². The van der Waals surface area contributed by atoms with E-state index >= 15 is 0 Å². The molecule has 0 aromatic carbocycles. The largest absolute Gasteiger partial charge is 0.472 e. The molecule has 0 aliphatic heterocycles. The van der Waals surface area contributed by atoms with Crippen molar-refractivity contribution in [2.24, 2.45) is 0 Å². The lowest BCUT2D eigenvalue weighted by molar-refractivity contribution is -0.220. The summed E-state index contributed by atoms with van der Waals surface area (Å²) in [5.41, 5.74) is 0. The van der Waals surface area contributed by atoms with E-state index in [-0.39, 0.29) is 13.0 Å². The molecule has 0 amide bonds. The zero-order valence-corrected chi connectivity index (χ0v) is 39.8. The highest BCUT2D eigenvalue weighted by molar-refractivity contribution is 7.47. The topological polar surface area (TPSA) is 192 Å².